The predicted molar refractivity (Wildman–Crippen MR) is 79.7 cm³/mol. The summed E-state index contributed by atoms with van der Waals surface area (Å²) in [6.45, 7) is 3.46. The van der Waals surface area contributed by atoms with Crippen LogP contribution in [0.5, 0.6) is 0 Å². The minimum Gasteiger partial charge on any atom is -0.478 e. The molecule has 1 heterocycles. The molecule has 0 fully saturated rings. The molecule has 0 saturated heterocycles. The zero-order valence-electron chi connectivity index (χ0n) is 11.4. The first-order valence-corrected chi connectivity index (χ1v) is 7.00. The molecule has 0 bridgehead atoms. The van der Waals surface area contributed by atoms with Gasteiger partial charge in [0.05, 0.1) is 11.8 Å². The van der Waals surface area contributed by atoms with Crippen molar-refractivity contribution >= 4 is 21.9 Å². The van der Waals surface area contributed by atoms with Gasteiger partial charge in [0.2, 0.25) is 0 Å². The Morgan fingerprint density at radius 3 is 2.55 bits per heavy atom. The van der Waals surface area contributed by atoms with Crippen molar-refractivity contribution in [2.45, 2.75) is 20.0 Å². The number of aromatic carboxylic acids is 1. The van der Waals surface area contributed by atoms with Crippen LogP contribution in [-0.4, -0.2) is 23.0 Å². The van der Waals surface area contributed by atoms with Gasteiger partial charge in [-0.15, -0.1) is 0 Å². The molecule has 2 rings (SSSR count). The van der Waals surface area contributed by atoms with Crippen molar-refractivity contribution < 1.29 is 14.3 Å². The molecule has 5 heteroatoms. The highest BCUT2D eigenvalue weighted by Gasteiger charge is 2.10. The number of hydrogen-bond donors (Lipinski definition) is 1. The highest BCUT2D eigenvalue weighted by atomic mass is 79.9. The van der Waals surface area contributed by atoms with Crippen molar-refractivity contribution in [1.82, 2.24) is 4.90 Å². The molecule has 0 aliphatic rings. The van der Waals surface area contributed by atoms with Crippen LogP contribution in [0.15, 0.2) is 39.4 Å². The number of halogens is 1. The van der Waals surface area contributed by atoms with Gasteiger partial charge in [0, 0.05) is 23.1 Å². The Labute approximate surface area is 126 Å². The van der Waals surface area contributed by atoms with Crippen molar-refractivity contribution in [3.63, 3.8) is 0 Å². The van der Waals surface area contributed by atoms with Crippen LogP contribution in [-0.2, 0) is 13.1 Å². The normalized spacial score (nSPS) is 11.0. The van der Waals surface area contributed by atoms with Crippen LogP contribution >= 0.6 is 15.9 Å². The zero-order valence-corrected chi connectivity index (χ0v) is 13.0. The topological polar surface area (TPSA) is 53.7 Å². The molecule has 0 unspecified atom stereocenters. The lowest BCUT2D eigenvalue weighted by Gasteiger charge is -2.17. The first-order chi connectivity index (χ1) is 9.47. The molecular weight excluding hydrogens is 322 g/mol. The van der Waals surface area contributed by atoms with E-state index >= 15 is 0 Å². The molecule has 1 N–H and O–H groups in total. The molecule has 1 aromatic carbocycles. The summed E-state index contributed by atoms with van der Waals surface area (Å²) in [6.07, 6.45) is 1.69. The van der Waals surface area contributed by atoms with Gasteiger partial charge in [0.1, 0.15) is 5.76 Å². The first-order valence-electron chi connectivity index (χ1n) is 6.20. The third-order valence-corrected chi connectivity index (χ3v) is 3.88. The molecule has 0 atom stereocenters. The van der Waals surface area contributed by atoms with Gasteiger partial charge in [-0.3, -0.25) is 4.90 Å². The van der Waals surface area contributed by atoms with E-state index in [9.17, 15) is 4.79 Å². The van der Waals surface area contributed by atoms with E-state index in [1.807, 2.05) is 26.1 Å². The molecule has 0 amide bonds. The van der Waals surface area contributed by atoms with E-state index in [0.29, 0.717) is 0 Å². The number of carbonyl (C=O) groups is 1. The molecule has 1 aromatic heterocycles. The summed E-state index contributed by atoms with van der Waals surface area (Å²) < 4.78 is 6.09. The van der Waals surface area contributed by atoms with Crippen LogP contribution in [0.4, 0.5) is 0 Å². The monoisotopic (exact) mass is 337 g/mol. The number of carboxylic acid groups (broad SMARTS) is 1. The molecule has 0 radical (unpaired) electrons. The van der Waals surface area contributed by atoms with Crippen LogP contribution in [0, 0.1) is 6.92 Å². The molecule has 106 valence electrons. The highest BCUT2D eigenvalue weighted by molar-refractivity contribution is 9.10. The van der Waals surface area contributed by atoms with Gasteiger partial charge in [-0.2, -0.15) is 0 Å². The lowest BCUT2D eigenvalue weighted by molar-refractivity contribution is 0.0697. The molecule has 0 spiro atoms. The van der Waals surface area contributed by atoms with Gasteiger partial charge in [0.25, 0.3) is 0 Å². The summed E-state index contributed by atoms with van der Waals surface area (Å²) in [5.74, 6) is 0.0109. The summed E-state index contributed by atoms with van der Waals surface area (Å²) in [5.41, 5.74) is 2.50. The number of nitrogens with zero attached hydrogens (tertiary/aromatic N) is 1. The molecule has 20 heavy (non-hydrogen) atoms. The van der Waals surface area contributed by atoms with Crippen molar-refractivity contribution in [2.75, 3.05) is 7.05 Å². The van der Waals surface area contributed by atoms with E-state index < -0.39 is 5.97 Å². The lowest BCUT2D eigenvalue weighted by Crippen LogP contribution is -2.17. The van der Waals surface area contributed by atoms with E-state index in [0.717, 1.165) is 34.4 Å². The Balaban J connectivity index is 2.06. The Morgan fingerprint density at radius 2 is 2.00 bits per heavy atom. The summed E-state index contributed by atoms with van der Waals surface area (Å²) in [5, 5.41) is 8.94. The second-order valence-corrected chi connectivity index (χ2v) is 5.64. The van der Waals surface area contributed by atoms with Gasteiger partial charge >= 0.3 is 5.97 Å². The lowest BCUT2D eigenvalue weighted by atomic mass is 10.1. The van der Waals surface area contributed by atoms with Crippen LogP contribution in [0.2, 0.25) is 0 Å². The molecule has 2 aromatic rings. The number of benzene rings is 1. The van der Waals surface area contributed by atoms with Crippen LogP contribution < -0.4 is 0 Å². The van der Waals surface area contributed by atoms with E-state index in [1.54, 1.807) is 18.4 Å². The molecule has 4 nitrogen and oxygen atoms in total. The number of carboxylic acids is 1. The average Bonchev–Trinajstić information content (AvgIpc) is 2.77. The number of furan rings is 1. The Kier molecular flexibility index (Phi) is 4.62. The van der Waals surface area contributed by atoms with Gasteiger partial charge in [-0.25, -0.2) is 4.79 Å². The average molecular weight is 338 g/mol. The van der Waals surface area contributed by atoms with Crippen molar-refractivity contribution in [3.8, 4) is 0 Å². The Morgan fingerprint density at radius 1 is 1.30 bits per heavy atom. The SMILES string of the molecule is Cc1occc1CN(C)Cc1ccc(C(=O)O)cc1Br. The van der Waals surface area contributed by atoms with Gasteiger partial charge in [-0.1, -0.05) is 22.0 Å². The number of rotatable bonds is 5. The third kappa shape index (κ3) is 3.49. The van der Waals surface area contributed by atoms with Crippen molar-refractivity contribution in [1.29, 1.82) is 0 Å². The molecule has 0 saturated carbocycles. The second kappa shape index (κ2) is 6.24. The summed E-state index contributed by atoms with van der Waals surface area (Å²) >= 11 is 3.43. The quantitative estimate of drug-likeness (QED) is 0.904. The maximum Gasteiger partial charge on any atom is 0.335 e. The fourth-order valence-electron chi connectivity index (χ4n) is 2.02. The van der Waals surface area contributed by atoms with Crippen LogP contribution in [0.3, 0.4) is 0 Å². The van der Waals surface area contributed by atoms with Crippen LogP contribution in [0.25, 0.3) is 0 Å². The summed E-state index contributed by atoms with van der Waals surface area (Å²) in [6, 6.07) is 7.06. The minimum atomic E-state index is -0.917. The third-order valence-electron chi connectivity index (χ3n) is 3.15. The predicted octanol–water partition coefficient (Wildman–Crippen LogP) is 3.68. The van der Waals surface area contributed by atoms with E-state index in [2.05, 4.69) is 20.8 Å². The smallest absolute Gasteiger partial charge is 0.335 e. The summed E-state index contributed by atoms with van der Waals surface area (Å²) in [7, 11) is 2.02. The maximum atomic E-state index is 10.9. The van der Waals surface area contributed by atoms with E-state index in [-0.39, 0.29) is 5.56 Å². The van der Waals surface area contributed by atoms with Crippen molar-refractivity contribution in [2.24, 2.45) is 0 Å². The molecule has 0 aliphatic heterocycles. The van der Waals surface area contributed by atoms with E-state index in [1.165, 1.54) is 0 Å². The Bertz CT molecular complexity index is 621. The fraction of sp³-hybridized carbons (Fsp3) is 0.267. The van der Waals surface area contributed by atoms with Gasteiger partial charge < -0.3 is 9.52 Å². The fourth-order valence-corrected chi connectivity index (χ4v) is 2.53. The highest BCUT2D eigenvalue weighted by Crippen LogP contribution is 2.21. The summed E-state index contributed by atoms with van der Waals surface area (Å²) in [4.78, 5) is 13.0. The number of hydrogen-bond acceptors (Lipinski definition) is 3. The van der Waals surface area contributed by atoms with Crippen LogP contribution in [0.1, 0.15) is 27.2 Å². The second-order valence-electron chi connectivity index (χ2n) is 4.79. The standard InChI is InChI=1S/C15H16BrNO3/c1-10-12(5-6-20-10)8-17(2)9-13-4-3-11(15(18)19)7-14(13)16/h3-7H,8-9H2,1-2H3,(H,18,19). The maximum absolute atomic E-state index is 10.9. The molecular formula is C15H16BrNO3. The van der Waals surface area contributed by atoms with Crippen molar-refractivity contribution in [3.05, 3.63) is 57.5 Å². The van der Waals surface area contributed by atoms with Gasteiger partial charge in [-0.05, 0) is 37.7 Å². The number of aryl methyl sites for hydroxylation is 1. The minimum absolute atomic E-state index is 0.286. The van der Waals surface area contributed by atoms with Gasteiger partial charge in [0.15, 0.2) is 0 Å². The molecule has 0 aliphatic carbocycles. The zero-order chi connectivity index (χ0) is 14.7. The first kappa shape index (κ1) is 14.8. The Hall–Kier alpha value is -1.59. The van der Waals surface area contributed by atoms with E-state index in [4.69, 9.17) is 9.52 Å². The largest absolute Gasteiger partial charge is 0.478 e.